The average molecular weight is 486 g/mol. The molecule has 2 N–H and O–H groups in total. The van der Waals surface area contributed by atoms with E-state index in [9.17, 15) is 19.3 Å². The maximum Gasteiger partial charge on any atom is 0.407 e. The van der Waals surface area contributed by atoms with Crippen molar-refractivity contribution in [3.05, 3.63) is 46.7 Å². The molecule has 0 bridgehead atoms. The number of fused-ring (bicyclic) bond motifs is 1. The summed E-state index contributed by atoms with van der Waals surface area (Å²) >= 11 is 0. The number of pyridine rings is 1. The van der Waals surface area contributed by atoms with E-state index in [1.54, 1.807) is 0 Å². The molecule has 35 heavy (non-hydrogen) atoms. The summed E-state index contributed by atoms with van der Waals surface area (Å²) in [6.07, 6.45) is 6.57. The number of aromatic nitrogens is 4. The van der Waals surface area contributed by atoms with E-state index in [1.165, 1.54) is 28.9 Å². The van der Waals surface area contributed by atoms with Crippen LogP contribution in [0.5, 0.6) is 0 Å². The van der Waals surface area contributed by atoms with Gasteiger partial charge in [-0.05, 0) is 64.5 Å². The normalized spacial score (nSPS) is 18.3. The molecule has 186 valence electrons. The van der Waals surface area contributed by atoms with Crippen molar-refractivity contribution in [3.63, 3.8) is 0 Å². The number of anilines is 1. The average Bonchev–Trinajstić information content (AvgIpc) is 3.20. The molecule has 1 fully saturated rings. The Labute approximate surface area is 201 Å². The fourth-order valence-corrected chi connectivity index (χ4v) is 4.06. The van der Waals surface area contributed by atoms with Gasteiger partial charge in [-0.25, -0.2) is 24.1 Å². The van der Waals surface area contributed by atoms with Gasteiger partial charge in [-0.2, -0.15) is 0 Å². The van der Waals surface area contributed by atoms with Crippen molar-refractivity contribution in [2.75, 3.05) is 11.9 Å². The maximum absolute atomic E-state index is 13.7. The van der Waals surface area contributed by atoms with Gasteiger partial charge < -0.3 is 15.4 Å². The van der Waals surface area contributed by atoms with E-state index >= 15 is 0 Å². The summed E-state index contributed by atoms with van der Waals surface area (Å²) in [5.74, 6) is 0.0789. The Morgan fingerprint density at radius 2 is 1.97 bits per heavy atom. The van der Waals surface area contributed by atoms with Crippen LogP contribution in [0, 0.1) is 21.8 Å². The molecule has 4 rings (SSSR count). The highest BCUT2D eigenvalue weighted by Crippen LogP contribution is 2.31. The summed E-state index contributed by atoms with van der Waals surface area (Å²) in [6, 6.07) is 2.79. The first-order chi connectivity index (χ1) is 16.6. The van der Waals surface area contributed by atoms with Crippen LogP contribution in [0.15, 0.2) is 30.7 Å². The minimum absolute atomic E-state index is 0.0317. The summed E-state index contributed by atoms with van der Waals surface area (Å²) in [4.78, 5) is 35.7. The van der Waals surface area contributed by atoms with Crippen LogP contribution in [0.25, 0.3) is 17.2 Å². The Balaban J connectivity index is 1.43. The number of carbonyl (C=O) groups excluding carboxylic acids is 1. The predicted octanol–water partition coefficient (Wildman–Crippen LogP) is 4.33. The highest BCUT2D eigenvalue weighted by atomic mass is 19.1. The molecule has 0 aromatic carbocycles. The lowest BCUT2D eigenvalue weighted by Gasteiger charge is -2.29. The molecule has 1 aliphatic carbocycles. The molecule has 0 atom stereocenters. The third kappa shape index (κ3) is 6.00. The van der Waals surface area contributed by atoms with Crippen LogP contribution in [-0.2, 0) is 4.74 Å². The smallest absolute Gasteiger partial charge is 0.407 e. The number of amides is 1. The molecule has 0 aliphatic heterocycles. The third-order valence-electron chi connectivity index (χ3n) is 5.78. The Bertz CT molecular complexity index is 1230. The minimum atomic E-state index is -0.534. The number of hydrogen-bond acceptors (Lipinski definition) is 8. The molecule has 1 aliphatic rings. The van der Waals surface area contributed by atoms with Crippen LogP contribution in [0.2, 0.25) is 0 Å². The number of carbonyl (C=O) groups is 1. The van der Waals surface area contributed by atoms with Gasteiger partial charge >= 0.3 is 11.8 Å². The molecule has 12 heteroatoms. The number of halogens is 1. The van der Waals surface area contributed by atoms with Crippen molar-refractivity contribution < 1.29 is 18.8 Å². The van der Waals surface area contributed by atoms with E-state index in [4.69, 9.17) is 4.74 Å². The maximum atomic E-state index is 13.7. The van der Waals surface area contributed by atoms with E-state index in [2.05, 4.69) is 25.6 Å². The summed E-state index contributed by atoms with van der Waals surface area (Å²) in [5, 5.41) is 17.5. The third-order valence-corrected chi connectivity index (χ3v) is 5.78. The van der Waals surface area contributed by atoms with Gasteiger partial charge in [0.05, 0.1) is 17.7 Å². The molecule has 3 aromatic rings. The second-order valence-electron chi connectivity index (χ2n) is 9.74. The quantitative estimate of drug-likeness (QED) is 0.389. The van der Waals surface area contributed by atoms with Gasteiger partial charge in [0.1, 0.15) is 23.4 Å². The molecule has 0 unspecified atom stereocenters. The van der Waals surface area contributed by atoms with Gasteiger partial charge in [0.15, 0.2) is 5.82 Å². The lowest BCUT2D eigenvalue weighted by molar-refractivity contribution is -0.384. The van der Waals surface area contributed by atoms with Gasteiger partial charge in [0.25, 0.3) is 0 Å². The lowest BCUT2D eigenvalue weighted by Crippen LogP contribution is -2.41. The Morgan fingerprint density at radius 1 is 1.23 bits per heavy atom. The molecule has 0 radical (unpaired) electrons. The van der Waals surface area contributed by atoms with Gasteiger partial charge in [0.2, 0.25) is 5.82 Å². The number of rotatable bonds is 6. The van der Waals surface area contributed by atoms with Crippen molar-refractivity contribution in [2.24, 2.45) is 5.92 Å². The number of nitrogens with one attached hydrogen (secondary N) is 2. The summed E-state index contributed by atoms with van der Waals surface area (Å²) in [6.45, 7) is 5.99. The molecule has 1 amide bonds. The lowest BCUT2D eigenvalue weighted by atomic mass is 9.86. The number of imidazole rings is 1. The first-order valence-electron chi connectivity index (χ1n) is 11.4. The molecule has 3 aromatic heterocycles. The summed E-state index contributed by atoms with van der Waals surface area (Å²) < 4.78 is 20.6. The zero-order valence-electron chi connectivity index (χ0n) is 19.8. The number of nitro groups is 1. The standard InChI is InChI=1S/C23H28FN7O4/c1-23(2,3)29-22(32)35-13-14-4-7-16(8-5-14)27-21-18(31(33)34)11-26-20(28-21)17-10-25-19-9-6-15(24)12-30(17)19/h6,9-12,14,16H,4-5,7-8,13H2,1-3H3,(H,29,32)(H,26,27,28). The minimum Gasteiger partial charge on any atom is -0.449 e. The highest BCUT2D eigenvalue weighted by Gasteiger charge is 2.27. The SMILES string of the molecule is CC(C)(C)NC(=O)OCC1CCC(Nc2nc(-c3cnc4ccc(F)cn34)ncc2[N+](=O)[O-])CC1. The Kier molecular flexibility index (Phi) is 6.81. The molecule has 3 heterocycles. The fourth-order valence-electron chi connectivity index (χ4n) is 4.06. The van der Waals surface area contributed by atoms with Crippen LogP contribution in [-0.4, -0.2) is 48.6 Å². The second-order valence-corrected chi connectivity index (χ2v) is 9.74. The molecule has 0 spiro atoms. The van der Waals surface area contributed by atoms with Crippen LogP contribution >= 0.6 is 0 Å². The zero-order chi connectivity index (χ0) is 25.2. The van der Waals surface area contributed by atoms with Crippen LogP contribution < -0.4 is 10.6 Å². The first-order valence-corrected chi connectivity index (χ1v) is 11.4. The van der Waals surface area contributed by atoms with Gasteiger partial charge in [-0.1, -0.05) is 0 Å². The molecule has 0 saturated heterocycles. The number of hydrogen-bond donors (Lipinski definition) is 2. The van der Waals surface area contributed by atoms with Gasteiger partial charge in [0, 0.05) is 17.8 Å². The molecule has 11 nitrogen and oxygen atoms in total. The van der Waals surface area contributed by atoms with Crippen LogP contribution in [0.1, 0.15) is 46.5 Å². The number of alkyl carbamates (subject to hydrolysis) is 1. The van der Waals surface area contributed by atoms with Gasteiger partial charge in [-0.3, -0.25) is 14.5 Å². The van der Waals surface area contributed by atoms with E-state index in [0.717, 1.165) is 31.9 Å². The summed E-state index contributed by atoms with van der Waals surface area (Å²) in [5.41, 5.74) is 0.334. The highest BCUT2D eigenvalue weighted by molar-refractivity contribution is 5.68. The second kappa shape index (κ2) is 9.80. The van der Waals surface area contributed by atoms with Crippen molar-refractivity contribution in [1.82, 2.24) is 24.7 Å². The Hall–Kier alpha value is -3.83. The molecular formula is C23H28FN7O4. The predicted molar refractivity (Wildman–Crippen MR) is 126 cm³/mol. The van der Waals surface area contributed by atoms with E-state index in [0.29, 0.717) is 17.9 Å². The molecule has 1 saturated carbocycles. The number of ether oxygens (including phenoxy) is 1. The molecular weight excluding hydrogens is 457 g/mol. The van der Waals surface area contributed by atoms with E-state index in [-0.39, 0.29) is 34.8 Å². The van der Waals surface area contributed by atoms with Crippen LogP contribution in [0.4, 0.5) is 20.7 Å². The topological polar surface area (TPSA) is 137 Å². The fraction of sp³-hybridized carbons (Fsp3) is 0.478. The van der Waals surface area contributed by atoms with Crippen molar-refractivity contribution in [1.29, 1.82) is 0 Å². The Morgan fingerprint density at radius 3 is 2.66 bits per heavy atom. The van der Waals surface area contributed by atoms with Gasteiger partial charge in [-0.15, -0.1) is 0 Å². The monoisotopic (exact) mass is 485 g/mol. The largest absolute Gasteiger partial charge is 0.449 e. The van der Waals surface area contributed by atoms with Crippen molar-refractivity contribution in [3.8, 4) is 11.5 Å². The number of nitrogens with zero attached hydrogens (tertiary/aromatic N) is 5. The van der Waals surface area contributed by atoms with E-state index < -0.39 is 16.8 Å². The van der Waals surface area contributed by atoms with Crippen molar-refractivity contribution >= 4 is 23.2 Å². The van der Waals surface area contributed by atoms with E-state index in [1.807, 2.05) is 20.8 Å². The zero-order valence-corrected chi connectivity index (χ0v) is 19.8. The summed E-state index contributed by atoms with van der Waals surface area (Å²) in [7, 11) is 0. The first kappa shape index (κ1) is 24.3. The van der Waals surface area contributed by atoms with Crippen LogP contribution in [0.3, 0.4) is 0 Å². The van der Waals surface area contributed by atoms with Crippen molar-refractivity contribution in [2.45, 2.75) is 58.0 Å².